The Kier molecular flexibility index (Phi) is 3.01. The minimum Gasteiger partial charge on any atom is -0.326 e. The molecule has 0 N–H and O–H groups in total. The van der Waals surface area contributed by atoms with Gasteiger partial charge in [0.15, 0.2) is 5.82 Å². The van der Waals surface area contributed by atoms with Crippen LogP contribution in [-0.4, -0.2) is 9.55 Å². The first-order chi connectivity index (χ1) is 9.08. The Bertz CT molecular complexity index is 632. The number of imidazole rings is 1. The van der Waals surface area contributed by atoms with Crippen LogP contribution in [0.25, 0.3) is 11.0 Å². The fourth-order valence-corrected chi connectivity index (χ4v) is 2.82. The lowest BCUT2D eigenvalue weighted by Crippen LogP contribution is -2.13. The van der Waals surface area contributed by atoms with E-state index in [1.54, 1.807) is 0 Å². The van der Waals surface area contributed by atoms with Gasteiger partial charge in [-0.15, -0.1) is 11.6 Å². The van der Waals surface area contributed by atoms with Crippen molar-refractivity contribution in [3.8, 4) is 0 Å². The summed E-state index contributed by atoms with van der Waals surface area (Å²) in [5.41, 5.74) is 0.980. The second-order valence-electron chi connectivity index (χ2n) is 5.36. The van der Waals surface area contributed by atoms with E-state index in [1.807, 2.05) is 4.57 Å². The van der Waals surface area contributed by atoms with Gasteiger partial charge in [0, 0.05) is 12.6 Å². The molecule has 0 atom stereocenters. The highest BCUT2D eigenvalue weighted by atomic mass is 35.5. The predicted octanol–water partition coefficient (Wildman–Crippen LogP) is 4.24. The molecule has 2 aromatic rings. The van der Waals surface area contributed by atoms with Crippen molar-refractivity contribution < 1.29 is 8.78 Å². The van der Waals surface area contributed by atoms with Crippen LogP contribution in [-0.2, 0) is 12.4 Å². The zero-order chi connectivity index (χ0) is 13.6. The van der Waals surface area contributed by atoms with Gasteiger partial charge in [-0.3, -0.25) is 0 Å². The van der Waals surface area contributed by atoms with Gasteiger partial charge >= 0.3 is 0 Å². The zero-order valence-corrected chi connectivity index (χ0v) is 11.5. The average Bonchev–Trinajstić information content (AvgIpc) is 3.07. The molecule has 1 aliphatic carbocycles. The number of benzene rings is 1. The molecule has 5 heteroatoms. The summed E-state index contributed by atoms with van der Waals surface area (Å²) in [6.07, 6.45) is 3.37. The normalized spacial score (nSPS) is 17.1. The standard InChI is InChI=1S/C14H15ClF2N2/c1-2-14(3-4-14)8-19-11-6-9(16)5-10(17)13(11)18-12(19)7-15/h5-6H,2-4,7-8H2,1H3. The Morgan fingerprint density at radius 1 is 1.37 bits per heavy atom. The quantitative estimate of drug-likeness (QED) is 0.768. The summed E-state index contributed by atoms with van der Waals surface area (Å²) < 4.78 is 29.0. The monoisotopic (exact) mass is 284 g/mol. The van der Waals surface area contributed by atoms with Gasteiger partial charge in [0.1, 0.15) is 17.2 Å². The van der Waals surface area contributed by atoms with Gasteiger partial charge in [0.05, 0.1) is 11.4 Å². The largest absolute Gasteiger partial charge is 0.326 e. The molecule has 102 valence electrons. The molecule has 1 aromatic carbocycles. The average molecular weight is 285 g/mol. The number of rotatable bonds is 4. The molecule has 1 fully saturated rings. The Balaban J connectivity index is 2.15. The maximum atomic E-state index is 13.7. The first kappa shape index (κ1) is 12.9. The third-order valence-electron chi connectivity index (χ3n) is 4.17. The fraction of sp³-hybridized carbons (Fsp3) is 0.500. The number of hydrogen-bond donors (Lipinski definition) is 0. The van der Waals surface area contributed by atoms with E-state index in [0.29, 0.717) is 11.3 Å². The summed E-state index contributed by atoms with van der Waals surface area (Å²) in [5, 5.41) is 0. The molecular formula is C14H15ClF2N2. The maximum absolute atomic E-state index is 13.7. The summed E-state index contributed by atoms with van der Waals surface area (Å²) in [6, 6.07) is 2.21. The van der Waals surface area contributed by atoms with Crippen molar-refractivity contribution in [3.63, 3.8) is 0 Å². The Labute approximate surface area is 115 Å². The minimum absolute atomic E-state index is 0.204. The van der Waals surface area contributed by atoms with Crippen LogP contribution < -0.4 is 0 Å². The van der Waals surface area contributed by atoms with Crippen molar-refractivity contribution in [2.24, 2.45) is 5.41 Å². The third kappa shape index (κ3) is 2.12. The van der Waals surface area contributed by atoms with Crippen LogP contribution in [0.15, 0.2) is 12.1 Å². The van der Waals surface area contributed by atoms with Crippen molar-refractivity contribution in [3.05, 3.63) is 29.6 Å². The molecule has 19 heavy (non-hydrogen) atoms. The van der Waals surface area contributed by atoms with E-state index in [0.717, 1.165) is 31.9 Å². The number of nitrogens with zero attached hydrogens (tertiary/aromatic N) is 2. The van der Waals surface area contributed by atoms with Crippen LogP contribution in [0.4, 0.5) is 8.78 Å². The van der Waals surface area contributed by atoms with Crippen LogP contribution in [0.3, 0.4) is 0 Å². The molecule has 1 aromatic heterocycles. The number of halogens is 3. The Hall–Kier alpha value is -1.16. The summed E-state index contributed by atoms with van der Waals surface area (Å²) >= 11 is 5.89. The van der Waals surface area contributed by atoms with Gasteiger partial charge in [-0.25, -0.2) is 13.8 Å². The molecule has 0 saturated heterocycles. The lowest BCUT2D eigenvalue weighted by atomic mass is 10.0. The summed E-state index contributed by atoms with van der Waals surface area (Å²) in [7, 11) is 0. The van der Waals surface area contributed by atoms with E-state index < -0.39 is 11.6 Å². The SMILES string of the molecule is CCC1(Cn2c(CCl)nc3c(F)cc(F)cc32)CC1. The van der Waals surface area contributed by atoms with Crippen molar-refractivity contribution in [2.45, 2.75) is 38.6 Å². The smallest absolute Gasteiger partial charge is 0.153 e. The molecule has 0 amide bonds. The first-order valence-corrected chi connectivity index (χ1v) is 7.02. The summed E-state index contributed by atoms with van der Waals surface area (Å²) in [6.45, 7) is 2.89. The molecule has 1 aliphatic rings. The van der Waals surface area contributed by atoms with E-state index in [2.05, 4.69) is 11.9 Å². The van der Waals surface area contributed by atoms with Gasteiger partial charge < -0.3 is 4.57 Å². The molecule has 0 bridgehead atoms. The summed E-state index contributed by atoms with van der Waals surface area (Å²) in [5.74, 6) is -0.383. The Morgan fingerprint density at radius 3 is 2.68 bits per heavy atom. The van der Waals surface area contributed by atoms with E-state index >= 15 is 0 Å². The highest BCUT2D eigenvalue weighted by Crippen LogP contribution is 2.50. The van der Waals surface area contributed by atoms with E-state index in [-0.39, 0.29) is 16.8 Å². The van der Waals surface area contributed by atoms with Crippen molar-refractivity contribution in [2.75, 3.05) is 0 Å². The second kappa shape index (κ2) is 4.44. The molecule has 0 radical (unpaired) electrons. The zero-order valence-electron chi connectivity index (χ0n) is 10.7. The van der Waals surface area contributed by atoms with Gasteiger partial charge in [0.25, 0.3) is 0 Å². The number of fused-ring (bicyclic) bond motifs is 1. The Morgan fingerprint density at radius 2 is 2.11 bits per heavy atom. The summed E-state index contributed by atoms with van der Waals surface area (Å²) in [4.78, 5) is 4.21. The highest BCUT2D eigenvalue weighted by Gasteiger charge is 2.41. The maximum Gasteiger partial charge on any atom is 0.153 e. The first-order valence-electron chi connectivity index (χ1n) is 6.49. The van der Waals surface area contributed by atoms with Gasteiger partial charge in [0.2, 0.25) is 0 Å². The van der Waals surface area contributed by atoms with Crippen LogP contribution >= 0.6 is 11.6 Å². The number of aromatic nitrogens is 2. The van der Waals surface area contributed by atoms with Crippen LogP contribution in [0.5, 0.6) is 0 Å². The molecule has 2 nitrogen and oxygen atoms in total. The van der Waals surface area contributed by atoms with Gasteiger partial charge in [-0.1, -0.05) is 6.92 Å². The number of alkyl halides is 1. The molecule has 1 heterocycles. The topological polar surface area (TPSA) is 17.8 Å². The fourth-order valence-electron chi connectivity index (χ4n) is 2.61. The second-order valence-corrected chi connectivity index (χ2v) is 5.62. The van der Waals surface area contributed by atoms with Gasteiger partial charge in [-0.2, -0.15) is 0 Å². The van der Waals surface area contributed by atoms with Crippen LogP contribution in [0.1, 0.15) is 32.0 Å². The van der Waals surface area contributed by atoms with Crippen molar-refractivity contribution in [1.82, 2.24) is 9.55 Å². The molecule has 0 aliphatic heterocycles. The molecular weight excluding hydrogens is 270 g/mol. The van der Waals surface area contributed by atoms with E-state index in [4.69, 9.17) is 11.6 Å². The van der Waals surface area contributed by atoms with Crippen LogP contribution in [0, 0.1) is 17.0 Å². The predicted molar refractivity (Wildman–Crippen MR) is 71.2 cm³/mol. The number of hydrogen-bond acceptors (Lipinski definition) is 1. The third-order valence-corrected chi connectivity index (χ3v) is 4.41. The molecule has 0 unspecified atom stereocenters. The van der Waals surface area contributed by atoms with E-state index in [9.17, 15) is 8.78 Å². The van der Waals surface area contributed by atoms with Crippen molar-refractivity contribution in [1.29, 1.82) is 0 Å². The van der Waals surface area contributed by atoms with Crippen LogP contribution in [0.2, 0.25) is 0 Å². The molecule has 3 rings (SSSR count). The van der Waals surface area contributed by atoms with Gasteiger partial charge in [-0.05, 0) is 30.7 Å². The lowest BCUT2D eigenvalue weighted by molar-refractivity contribution is 0.409. The molecule has 1 saturated carbocycles. The van der Waals surface area contributed by atoms with E-state index in [1.165, 1.54) is 6.07 Å². The molecule has 0 spiro atoms. The lowest BCUT2D eigenvalue weighted by Gasteiger charge is -2.15. The minimum atomic E-state index is -0.624. The van der Waals surface area contributed by atoms with Crippen molar-refractivity contribution >= 4 is 22.6 Å². The highest BCUT2D eigenvalue weighted by molar-refractivity contribution is 6.16.